The highest BCUT2D eigenvalue weighted by Gasteiger charge is 2.09. The van der Waals surface area contributed by atoms with Crippen LogP contribution >= 0.6 is 15.9 Å². The van der Waals surface area contributed by atoms with Crippen molar-refractivity contribution >= 4 is 26.8 Å². The second-order valence-corrected chi connectivity index (χ2v) is 4.26. The lowest BCUT2D eigenvalue weighted by Gasteiger charge is -2.09. The van der Waals surface area contributed by atoms with E-state index in [0.717, 1.165) is 10.9 Å². The highest BCUT2D eigenvalue weighted by molar-refractivity contribution is 9.10. The maximum atomic E-state index is 13.1. The molecule has 0 N–H and O–H groups in total. The number of nitrogens with zero attached hydrogens (tertiary/aromatic N) is 1. The van der Waals surface area contributed by atoms with Crippen LogP contribution < -0.4 is 5.56 Å². The molecule has 15 heavy (non-hydrogen) atoms. The summed E-state index contributed by atoms with van der Waals surface area (Å²) in [4.78, 5) is 11.7. The van der Waals surface area contributed by atoms with Crippen LogP contribution in [-0.4, -0.2) is 4.57 Å². The molecule has 0 radical (unpaired) electrons. The number of pyridine rings is 1. The molecule has 2 nitrogen and oxygen atoms in total. The molecule has 0 aliphatic carbocycles. The van der Waals surface area contributed by atoms with Crippen LogP contribution in [0.5, 0.6) is 0 Å². The molecule has 0 aliphatic rings. The van der Waals surface area contributed by atoms with Gasteiger partial charge in [-0.25, -0.2) is 4.39 Å². The fourth-order valence-corrected chi connectivity index (χ4v) is 2.11. The van der Waals surface area contributed by atoms with E-state index in [0.29, 0.717) is 9.99 Å². The summed E-state index contributed by atoms with van der Waals surface area (Å²) in [6.07, 6.45) is 0. The van der Waals surface area contributed by atoms with E-state index in [1.807, 2.05) is 6.92 Å². The molecule has 0 fully saturated rings. The van der Waals surface area contributed by atoms with Crippen molar-refractivity contribution in [2.75, 3.05) is 0 Å². The number of benzene rings is 1. The molecule has 1 aromatic carbocycles. The molecule has 1 heterocycles. The number of aromatic nitrogens is 1. The van der Waals surface area contributed by atoms with E-state index in [9.17, 15) is 9.18 Å². The summed E-state index contributed by atoms with van der Waals surface area (Å²) in [6, 6.07) is 4.45. The van der Waals surface area contributed by atoms with Crippen LogP contribution in [0.25, 0.3) is 10.9 Å². The van der Waals surface area contributed by atoms with Gasteiger partial charge in [-0.1, -0.05) is 0 Å². The van der Waals surface area contributed by atoms with Crippen LogP contribution in [0.15, 0.2) is 27.5 Å². The molecule has 0 atom stereocenters. The Labute approximate surface area is 94.5 Å². The van der Waals surface area contributed by atoms with Crippen molar-refractivity contribution in [2.24, 2.45) is 7.05 Å². The third kappa shape index (κ3) is 1.49. The number of hydrogen-bond acceptors (Lipinski definition) is 1. The van der Waals surface area contributed by atoms with Gasteiger partial charge in [0.05, 0.1) is 9.99 Å². The Morgan fingerprint density at radius 1 is 1.40 bits per heavy atom. The smallest absolute Gasteiger partial charge is 0.265 e. The number of aryl methyl sites for hydroxylation is 2. The summed E-state index contributed by atoms with van der Waals surface area (Å²) >= 11 is 3.24. The van der Waals surface area contributed by atoms with Gasteiger partial charge in [-0.05, 0) is 46.6 Å². The summed E-state index contributed by atoms with van der Waals surface area (Å²) in [5.74, 6) is -0.334. The largest absolute Gasteiger partial charge is 0.310 e. The molecule has 2 aromatic rings. The monoisotopic (exact) mass is 269 g/mol. The van der Waals surface area contributed by atoms with E-state index in [1.165, 1.54) is 16.7 Å². The van der Waals surface area contributed by atoms with Crippen molar-refractivity contribution in [3.05, 3.63) is 44.4 Å². The minimum Gasteiger partial charge on any atom is -0.310 e. The molecule has 78 valence electrons. The van der Waals surface area contributed by atoms with Crippen LogP contribution in [0.3, 0.4) is 0 Å². The minimum atomic E-state index is -0.334. The van der Waals surface area contributed by atoms with Crippen LogP contribution in [-0.2, 0) is 7.05 Å². The summed E-state index contributed by atoms with van der Waals surface area (Å²) in [5, 5.41) is 0.880. The lowest BCUT2D eigenvalue weighted by molar-refractivity contribution is 0.628. The molecule has 0 saturated carbocycles. The Hall–Kier alpha value is -1.16. The average molecular weight is 270 g/mol. The molecule has 0 unspecified atom stereocenters. The van der Waals surface area contributed by atoms with Crippen molar-refractivity contribution in [3.8, 4) is 0 Å². The van der Waals surface area contributed by atoms with Gasteiger partial charge < -0.3 is 4.57 Å². The predicted octanol–water partition coefficient (Wildman–Crippen LogP) is 2.75. The zero-order valence-electron chi connectivity index (χ0n) is 8.34. The summed E-state index contributed by atoms with van der Waals surface area (Å²) in [7, 11) is 1.63. The van der Waals surface area contributed by atoms with E-state index in [1.54, 1.807) is 13.1 Å². The number of hydrogen-bond donors (Lipinski definition) is 0. The summed E-state index contributed by atoms with van der Waals surface area (Å²) in [6.45, 7) is 1.84. The lowest BCUT2D eigenvalue weighted by Crippen LogP contribution is -2.19. The SMILES string of the molecule is Cc1c(Br)c(=O)n(C)c2cc(F)ccc12. The molecule has 0 bridgehead atoms. The Morgan fingerprint density at radius 2 is 2.07 bits per heavy atom. The molecule has 0 aliphatic heterocycles. The molecular formula is C11H9BrFNO. The van der Waals surface area contributed by atoms with Crippen molar-refractivity contribution in [1.82, 2.24) is 4.57 Å². The van der Waals surface area contributed by atoms with Crippen molar-refractivity contribution in [2.45, 2.75) is 6.92 Å². The van der Waals surface area contributed by atoms with Gasteiger partial charge in [-0.2, -0.15) is 0 Å². The van der Waals surface area contributed by atoms with Gasteiger partial charge in [0.25, 0.3) is 5.56 Å². The summed E-state index contributed by atoms with van der Waals surface area (Å²) in [5.41, 5.74) is 1.31. The van der Waals surface area contributed by atoms with Crippen molar-refractivity contribution < 1.29 is 4.39 Å². The Bertz CT molecular complexity index is 604. The van der Waals surface area contributed by atoms with Gasteiger partial charge in [0.2, 0.25) is 0 Å². The zero-order chi connectivity index (χ0) is 11.2. The third-order valence-corrected chi connectivity index (χ3v) is 3.48. The first kappa shape index (κ1) is 10.4. The molecule has 1 aromatic heterocycles. The van der Waals surface area contributed by atoms with Gasteiger partial charge in [0.1, 0.15) is 5.82 Å². The van der Waals surface area contributed by atoms with E-state index >= 15 is 0 Å². The molecule has 0 spiro atoms. The number of fused-ring (bicyclic) bond motifs is 1. The Kier molecular flexibility index (Phi) is 2.38. The predicted molar refractivity (Wildman–Crippen MR) is 61.6 cm³/mol. The first-order chi connectivity index (χ1) is 7.02. The average Bonchev–Trinajstić information content (AvgIpc) is 2.23. The minimum absolute atomic E-state index is 0.148. The second kappa shape index (κ2) is 3.45. The van der Waals surface area contributed by atoms with Gasteiger partial charge in [-0.15, -0.1) is 0 Å². The Morgan fingerprint density at radius 3 is 2.73 bits per heavy atom. The van der Waals surface area contributed by atoms with Gasteiger partial charge in [0.15, 0.2) is 0 Å². The number of rotatable bonds is 0. The van der Waals surface area contributed by atoms with Crippen LogP contribution in [0.1, 0.15) is 5.56 Å². The standard InChI is InChI=1S/C11H9BrFNO/c1-6-8-4-3-7(13)5-9(8)14(2)11(15)10(6)12/h3-5H,1-2H3. The fourth-order valence-electron chi connectivity index (χ4n) is 1.63. The van der Waals surface area contributed by atoms with E-state index in [-0.39, 0.29) is 11.4 Å². The zero-order valence-corrected chi connectivity index (χ0v) is 9.93. The molecule has 2 rings (SSSR count). The highest BCUT2D eigenvalue weighted by atomic mass is 79.9. The van der Waals surface area contributed by atoms with Crippen LogP contribution in [0.4, 0.5) is 4.39 Å². The maximum absolute atomic E-state index is 13.1. The highest BCUT2D eigenvalue weighted by Crippen LogP contribution is 2.22. The van der Waals surface area contributed by atoms with Crippen LogP contribution in [0.2, 0.25) is 0 Å². The third-order valence-electron chi connectivity index (χ3n) is 2.55. The normalized spacial score (nSPS) is 10.9. The topological polar surface area (TPSA) is 22.0 Å². The maximum Gasteiger partial charge on any atom is 0.265 e. The van der Waals surface area contributed by atoms with E-state index < -0.39 is 0 Å². The van der Waals surface area contributed by atoms with E-state index in [4.69, 9.17) is 0 Å². The Balaban J connectivity index is 3.07. The quantitative estimate of drug-likeness (QED) is 0.721. The first-order valence-electron chi connectivity index (χ1n) is 4.46. The fraction of sp³-hybridized carbons (Fsp3) is 0.182. The molecule has 4 heteroatoms. The van der Waals surface area contributed by atoms with Crippen LogP contribution in [0, 0.1) is 12.7 Å². The second-order valence-electron chi connectivity index (χ2n) is 3.46. The molecule has 0 amide bonds. The van der Waals surface area contributed by atoms with E-state index in [2.05, 4.69) is 15.9 Å². The number of halogens is 2. The first-order valence-corrected chi connectivity index (χ1v) is 5.26. The van der Waals surface area contributed by atoms with Crippen molar-refractivity contribution in [3.63, 3.8) is 0 Å². The van der Waals surface area contributed by atoms with Gasteiger partial charge in [-0.3, -0.25) is 4.79 Å². The molecule has 0 saturated heterocycles. The van der Waals surface area contributed by atoms with Gasteiger partial charge >= 0.3 is 0 Å². The van der Waals surface area contributed by atoms with Crippen molar-refractivity contribution in [1.29, 1.82) is 0 Å². The summed E-state index contributed by atoms with van der Waals surface area (Å²) < 4.78 is 15.0. The molecular weight excluding hydrogens is 261 g/mol. The lowest BCUT2D eigenvalue weighted by atomic mass is 10.1. The van der Waals surface area contributed by atoms with Gasteiger partial charge in [0, 0.05) is 12.4 Å².